The van der Waals surface area contributed by atoms with Crippen molar-refractivity contribution in [3.8, 4) is 0 Å². The van der Waals surface area contributed by atoms with Crippen molar-refractivity contribution in [1.82, 2.24) is 5.32 Å². The zero-order valence-electron chi connectivity index (χ0n) is 12.6. The van der Waals surface area contributed by atoms with Gasteiger partial charge in [-0.15, -0.1) is 0 Å². The monoisotopic (exact) mass is 282 g/mol. The predicted octanol–water partition coefficient (Wildman–Crippen LogP) is 3.54. The third-order valence-corrected chi connectivity index (χ3v) is 3.39. The normalized spacial score (nSPS) is 11.9. The topological polar surface area (TPSA) is 41.1 Å². The van der Waals surface area contributed by atoms with E-state index in [2.05, 4.69) is 30.5 Å². The Kier molecular flexibility index (Phi) is 5.52. The first-order valence-corrected chi connectivity index (χ1v) is 7.36. The number of rotatable bonds is 6. The van der Waals surface area contributed by atoms with E-state index in [1.165, 1.54) is 5.56 Å². The van der Waals surface area contributed by atoms with Gasteiger partial charge in [0.05, 0.1) is 6.42 Å². The minimum atomic E-state index is 0.00875. The summed E-state index contributed by atoms with van der Waals surface area (Å²) in [6.07, 6.45) is 0.397. The summed E-state index contributed by atoms with van der Waals surface area (Å²) >= 11 is 0. The first-order chi connectivity index (χ1) is 10.2. The molecule has 0 saturated carbocycles. The van der Waals surface area contributed by atoms with Gasteiger partial charge in [-0.25, -0.2) is 0 Å². The van der Waals surface area contributed by atoms with Crippen molar-refractivity contribution in [2.75, 3.05) is 11.9 Å². The van der Waals surface area contributed by atoms with Gasteiger partial charge < -0.3 is 10.6 Å². The van der Waals surface area contributed by atoms with E-state index in [0.29, 0.717) is 6.42 Å². The Morgan fingerprint density at radius 1 is 1.10 bits per heavy atom. The molecule has 0 spiro atoms. The number of carbonyl (C=O) groups is 1. The molecule has 3 heteroatoms. The molecule has 0 bridgehead atoms. The lowest BCUT2D eigenvalue weighted by atomic mass is 10.1. The van der Waals surface area contributed by atoms with Crippen LogP contribution in [0.3, 0.4) is 0 Å². The van der Waals surface area contributed by atoms with Crippen LogP contribution in [0.1, 0.15) is 31.0 Å². The van der Waals surface area contributed by atoms with Crippen LogP contribution in [0.25, 0.3) is 0 Å². The molecule has 0 saturated heterocycles. The molecule has 0 aliphatic carbocycles. The highest BCUT2D eigenvalue weighted by Crippen LogP contribution is 2.17. The highest BCUT2D eigenvalue weighted by atomic mass is 16.1. The van der Waals surface area contributed by atoms with Crippen LogP contribution in [0.15, 0.2) is 54.6 Å². The summed E-state index contributed by atoms with van der Waals surface area (Å²) in [7, 11) is 0. The lowest BCUT2D eigenvalue weighted by Gasteiger charge is -2.14. The molecule has 0 fully saturated rings. The maximum Gasteiger partial charge on any atom is 0.228 e. The van der Waals surface area contributed by atoms with E-state index in [1.54, 1.807) is 0 Å². The van der Waals surface area contributed by atoms with Crippen molar-refractivity contribution < 1.29 is 4.79 Å². The van der Waals surface area contributed by atoms with Crippen LogP contribution in [0.5, 0.6) is 0 Å². The second kappa shape index (κ2) is 7.60. The first kappa shape index (κ1) is 15.3. The van der Waals surface area contributed by atoms with Gasteiger partial charge in [-0.1, -0.05) is 49.4 Å². The van der Waals surface area contributed by atoms with Crippen molar-refractivity contribution in [3.05, 3.63) is 65.7 Å². The van der Waals surface area contributed by atoms with E-state index < -0.39 is 0 Å². The summed E-state index contributed by atoms with van der Waals surface area (Å²) in [5.74, 6) is 0.00875. The number of benzene rings is 2. The summed E-state index contributed by atoms with van der Waals surface area (Å²) < 4.78 is 0. The quantitative estimate of drug-likeness (QED) is 0.851. The molecule has 0 aromatic heterocycles. The molecule has 2 aromatic carbocycles. The van der Waals surface area contributed by atoms with Crippen LogP contribution in [0, 0.1) is 0 Å². The van der Waals surface area contributed by atoms with E-state index in [1.807, 2.05) is 48.5 Å². The molecule has 2 aromatic rings. The largest absolute Gasteiger partial charge is 0.326 e. The summed E-state index contributed by atoms with van der Waals surface area (Å²) in [5.41, 5.74) is 3.04. The third-order valence-electron chi connectivity index (χ3n) is 3.39. The second-order valence-electron chi connectivity index (χ2n) is 5.12. The molecule has 110 valence electrons. The van der Waals surface area contributed by atoms with Gasteiger partial charge in [0.2, 0.25) is 5.91 Å². The van der Waals surface area contributed by atoms with Gasteiger partial charge in [-0.05, 0) is 36.7 Å². The van der Waals surface area contributed by atoms with E-state index in [4.69, 9.17) is 0 Å². The highest BCUT2D eigenvalue weighted by Gasteiger charge is 2.07. The van der Waals surface area contributed by atoms with Crippen LogP contribution in [-0.4, -0.2) is 12.5 Å². The average molecular weight is 282 g/mol. The van der Waals surface area contributed by atoms with Crippen molar-refractivity contribution >= 4 is 11.6 Å². The number of anilines is 1. The van der Waals surface area contributed by atoms with E-state index in [0.717, 1.165) is 17.8 Å². The van der Waals surface area contributed by atoms with Crippen molar-refractivity contribution in [3.63, 3.8) is 0 Å². The lowest BCUT2D eigenvalue weighted by Crippen LogP contribution is -2.18. The molecular weight excluding hydrogens is 260 g/mol. The number of carbonyl (C=O) groups excluding carboxylic acids is 1. The van der Waals surface area contributed by atoms with Crippen molar-refractivity contribution in [2.45, 2.75) is 26.3 Å². The summed E-state index contributed by atoms with van der Waals surface area (Å²) in [6.45, 7) is 5.13. The minimum absolute atomic E-state index is 0.00875. The standard InChI is InChI=1S/C18H22N2O/c1-3-19-14(2)16-10-7-11-17(13-16)20-18(21)12-15-8-5-4-6-9-15/h4-11,13-14,19H,3,12H2,1-2H3,(H,20,21). The highest BCUT2D eigenvalue weighted by molar-refractivity contribution is 5.92. The maximum absolute atomic E-state index is 12.1. The molecule has 1 atom stereocenters. The smallest absolute Gasteiger partial charge is 0.228 e. The first-order valence-electron chi connectivity index (χ1n) is 7.36. The predicted molar refractivity (Wildman–Crippen MR) is 87.3 cm³/mol. The number of hydrogen-bond donors (Lipinski definition) is 2. The van der Waals surface area contributed by atoms with E-state index >= 15 is 0 Å². The zero-order chi connectivity index (χ0) is 15.1. The Labute approximate surface area is 126 Å². The molecule has 1 unspecified atom stereocenters. The lowest BCUT2D eigenvalue weighted by molar-refractivity contribution is -0.115. The molecular formula is C18H22N2O. The summed E-state index contributed by atoms with van der Waals surface area (Å²) in [6, 6.07) is 18.0. The molecule has 0 radical (unpaired) electrons. The van der Waals surface area contributed by atoms with Gasteiger partial charge in [0.15, 0.2) is 0 Å². The number of hydrogen-bond acceptors (Lipinski definition) is 2. The molecule has 0 aliphatic heterocycles. The molecule has 1 amide bonds. The minimum Gasteiger partial charge on any atom is -0.326 e. The SMILES string of the molecule is CCNC(C)c1cccc(NC(=O)Cc2ccccc2)c1. The van der Waals surface area contributed by atoms with Crippen LogP contribution in [0.4, 0.5) is 5.69 Å². The fourth-order valence-corrected chi connectivity index (χ4v) is 2.30. The van der Waals surface area contributed by atoms with Gasteiger partial charge in [0.1, 0.15) is 0 Å². The van der Waals surface area contributed by atoms with Gasteiger partial charge in [0, 0.05) is 11.7 Å². The molecule has 3 nitrogen and oxygen atoms in total. The van der Waals surface area contributed by atoms with Crippen LogP contribution >= 0.6 is 0 Å². The fraction of sp³-hybridized carbons (Fsp3) is 0.278. The molecule has 2 N–H and O–H groups in total. The van der Waals surface area contributed by atoms with Gasteiger partial charge in [-0.2, -0.15) is 0 Å². The summed E-state index contributed by atoms with van der Waals surface area (Å²) in [5, 5.41) is 6.33. The van der Waals surface area contributed by atoms with Crippen LogP contribution < -0.4 is 10.6 Å². The van der Waals surface area contributed by atoms with E-state index in [-0.39, 0.29) is 11.9 Å². The van der Waals surface area contributed by atoms with Gasteiger partial charge in [0.25, 0.3) is 0 Å². The second-order valence-corrected chi connectivity index (χ2v) is 5.12. The van der Waals surface area contributed by atoms with Gasteiger partial charge >= 0.3 is 0 Å². The molecule has 21 heavy (non-hydrogen) atoms. The molecule has 0 heterocycles. The van der Waals surface area contributed by atoms with E-state index in [9.17, 15) is 4.79 Å². The van der Waals surface area contributed by atoms with Crippen LogP contribution in [0.2, 0.25) is 0 Å². The van der Waals surface area contributed by atoms with Crippen molar-refractivity contribution in [1.29, 1.82) is 0 Å². The Bertz CT molecular complexity index is 581. The molecule has 2 rings (SSSR count). The molecule has 0 aliphatic rings. The maximum atomic E-state index is 12.1. The number of amides is 1. The number of nitrogens with one attached hydrogen (secondary N) is 2. The summed E-state index contributed by atoms with van der Waals surface area (Å²) in [4.78, 5) is 12.1. The fourth-order valence-electron chi connectivity index (χ4n) is 2.30. The Morgan fingerprint density at radius 2 is 1.86 bits per heavy atom. The average Bonchev–Trinajstić information content (AvgIpc) is 2.48. The van der Waals surface area contributed by atoms with Crippen LogP contribution in [-0.2, 0) is 11.2 Å². The Morgan fingerprint density at radius 3 is 2.57 bits per heavy atom. The van der Waals surface area contributed by atoms with Gasteiger partial charge in [-0.3, -0.25) is 4.79 Å². The third kappa shape index (κ3) is 4.72. The Hall–Kier alpha value is -2.13. The zero-order valence-corrected chi connectivity index (χ0v) is 12.6. The Balaban J connectivity index is 1.99. The van der Waals surface area contributed by atoms with Crippen molar-refractivity contribution in [2.24, 2.45) is 0 Å².